The zero-order valence-corrected chi connectivity index (χ0v) is 13.0. The minimum absolute atomic E-state index is 0.140. The van der Waals surface area contributed by atoms with Crippen LogP contribution in [-0.4, -0.2) is 0 Å². The van der Waals surface area contributed by atoms with Gasteiger partial charge in [-0.1, -0.05) is 34.8 Å². The molecule has 2 aromatic rings. The number of hydrogen-bond donors (Lipinski definition) is 1. The van der Waals surface area contributed by atoms with Crippen molar-refractivity contribution in [2.24, 2.45) is 0 Å². The molecule has 0 aliphatic heterocycles. The zero-order chi connectivity index (χ0) is 14.2. The molecule has 0 amide bonds. The molecule has 2 N–H and O–H groups in total. The SMILES string of the molecule is Nc1cc(Br)c(F)cc1Oc1cc(Cl)c(Cl)cc1Cl. The molecular weight excluding hydrogens is 379 g/mol. The molecule has 0 aliphatic rings. The molecule has 2 nitrogen and oxygen atoms in total. The molecule has 0 atom stereocenters. The molecule has 7 heteroatoms. The van der Waals surface area contributed by atoms with Gasteiger partial charge in [0.15, 0.2) is 5.75 Å². The van der Waals surface area contributed by atoms with Gasteiger partial charge in [-0.15, -0.1) is 0 Å². The van der Waals surface area contributed by atoms with Crippen molar-refractivity contribution in [1.29, 1.82) is 0 Å². The molecule has 0 aliphatic carbocycles. The molecule has 0 saturated heterocycles. The Morgan fingerprint density at radius 1 is 0.947 bits per heavy atom. The quantitative estimate of drug-likeness (QED) is 0.514. The number of rotatable bonds is 2. The second-order valence-corrected chi connectivity index (χ2v) is 5.68. The maximum Gasteiger partial charge on any atom is 0.153 e. The van der Waals surface area contributed by atoms with E-state index in [2.05, 4.69) is 15.9 Å². The molecular formula is C12H6BrCl3FNO. The Morgan fingerprint density at radius 2 is 1.58 bits per heavy atom. The number of benzene rings is 2. The Morgan fingerprint density at radius 3 is 2.26 bits per heavy atom. The molecule has 0 bridgehead atoms. The molecule has 0 radical (unpaired) electrons. The van der Waals surface area contributed by atoms with E-state index in [1.165, 1.54) is 18.2 Å². The van der Waals surface area contributed by atoms with Crippen molar-refractivity contribution < 1.29 is 9.13 Å². The fourth-order valence-electron chi connectivity index (χ4n) is 1.33. The summed E-state index contributed by atoms with van der Waals surface area (Å²) in [5.41, 5.74) is 5.99. The first-order valence-corrected chi connectivity index (χ1v) is 6.88. The summed E-state index contributed by atoms with van der Waals surface area (Å²) >= 11 is 20.7. The maximum atomic E-state index is 13.4. The predicted molar refractivity (Wildman–Crippen MR) is 80.1 cm³/mol. The lowest BCUT2D eigenvalue weighted by Gasteiger charge is -2.11. The Bertz CT molecular complexity index is 596. The normalized spacial score (nSPS) is 10.6. The molecule has 2 rings (SSSR count). The van der Waals surface area contributed by atoms with E-state index < -0.39 is 5.82 Å². The fourth-order valence-corrected chi connectivity index (χ4v) is 2.27. The van der Waals surface area contributed by atoms with E-state index in [0.29, 0.717) is 5.02 Å². The van der Waals surface area contributed by atoms with Crippen LogP contribution < -0.4 is 10.5 Å². The highest BCUT2D eigenvalue weighted by Gasteiger charge is 2.12. The predicted octanol–water partition coefficient (Wildman–Crippen LogP) is 5.92. The molecule has 100 valence electrons. The molecule has 0 saturated carbocycles. The topological polar surface area (TPSA) is 35.2 Å². The van der Waals surface area contributed by atoms with Gasteiger partial charge in [-0.25, -0.2) is 4.39 Å². The van der Waals surface area contributed by atoms with Crippen LogP contribution in [0.3, 0.4) is 0 Å². The van der Waals surface area contributed by atoms with E-state index in [1.807, 2.05) is 0 Å². The first-order valence-electron chi connectivity index (χ1n) is 4.95. The third-order valence-electron chi connectivity index (χ3n) is 2.25. The second-order valence-electron chi connectivity index (χ2n) is 3.60. The molecule has 0 spiro atoms. The van der Waals surface area contributed by atoms with Crippen molar-refractivity contribution in [2.45, 2.75) is 0 Å². The van der Waals surface area contributed by atoms with Crippen LogP contribution in [-0.2, 0) is 0 Å². The third kappa shape index (κ3) is 3.26. The van der Waals surface area contributed by atoms with E-state index in [0.717, 1.165) is 6.07 Å². The lowest BCUT2D eigenvalue weighted by Crippen LogP contribution is -1.94. The van der Waals surface area contributed by atoms with Crippen molar-refractivity contribution in [2.75, 3.05) is 5.73 Å². The largest absolute Gasteiger partial charge is 0.453 e. The first-order chi connectivity index (χ1) is 8.88. The molecule has 19 heavy (non-hydrogen) atoms. The lowest BCUT2D eigenvalue weighted by atomic mass is 10.3. The summed E-state index contributed by atoms with van der Waals surface area (Å²) in [5.74, 6) is -0.120. The summed E-state index contributed by atoms with van der Waals surface area (Å²) in [7, 11) is 0. The van der Waals surface area contributed by atoms with Crippen LogP contribution in [0.15, 0.2) is 28.7 Å². The summed E-state index contributed by atoms with van der Waals surface area (Å²) < 4.78 is 19.1. The van der Waals surface area contributed by atoms with Gasteiger partial charge < -0.3 is 10.5 Å². The number of anilines is 1. The highest BCUT2D eigenvalue weighted by atomic mass is 79.9. The van der Waals surface area contributed by atoms with E-state index in [-0.39, 0.29) is 31.7 Å². The summed E-state index contributed by atoms with van der Waals surface area (Å²) in [6, 6.07) is 5.42. The van der Waals surface area contributed by atoms with Gasteiger partial charge in [0.2, 0.25) is 0 Å². The summed E-state index contributed by atoms with van der Waals surface area (Å²) in [6.07, 6.45) is 0. The van der Waals surface area contributed by atoms with E-state index >= 15 is 0 Å². The number of nitrogen functional groups attached to an aromatic ring is 1. The summed E-state index contributed by atoms with van der Waals surface area (Å²) in [5, 5.41) is 0.823. The van der Waals surface area contributed by atoms with Crippen LogP contribution in [0.5, 0.6) is 11.5 Å². The van der Waals surface area contributed by atoms with E-state index in [9.17, 15) is 4.39 Å². The Hall–Kier alpha value is -0.680. The van der Waals surface area contributed by atoms with Crippen LogP contribution in [0, 0.1) is 5.82 Å². The van der Waals surface area contributed by atoms with Gasteiger partial charge in [0.25, 0.3) is 0 Å². The van der Waals surface area contributed by atoms with Gasteiger partial charge in [-0.3, -0.25) is 0 Å². The average molecular weight is 385 g/mol. The minimum atomic E-state index is -0.500. The Labute approximate surface area is 132 Å². The Kier molecular flexibility index (Phi) is 4.46. The number of ether oxygens (including phenoxy) is 1. The standard InChI is InChI=1S/C12H6BrCl3FNO/c13-5-1-10(18)12(4-9(5)17)19-11-3-7(15)6(14)2-8(11)16/h1-4H,18H2. The molecule has 0 unspecified atom stereocenters. The van der Waals surface area contributed by atoms with Gasteiger partial charge in [0, 0.05) is 12.1 Å². The van der Waals surface area contributed by atoms with Crippen LogP contribution in [0.25, 0.3) is 0 Å². The fraction of sp³-hybridized carbons (Fsp3) is 0. The van der Waals surface area contributed by atoms with Gasteiger partial charge in [-0.05, 0) is 28.1 Å². The first kappa shape index (κ1) is 14.7. The summed E-state index contributed by atoms with van der Waals surface area (Å²) in [6.45, 7) is 0. The maximum absolute atomic E-state index is 13.4. The zero-order valence-electron chi connectivity index (χ0n) is 9.18. The average Bonchev–Trinajstić information content (AvgIpc) is 2.32. The van der Waals surface area contributed by atoms with Gasteiger partial charge in [-0.2, -0.15) is 0 Å². The van der Waals surface area contributed by atoms with Crippen LogP contribution in [0.1, 0.15) is 0 Å². The number of hydrogen-bond acceptors (Lipinski definition) is 2. The highest BCUT2D eigenvalue weighted by Crippen LogP contribution is 2.38. The van der Waals surface area contributed by atoms with Crippen LogP contribution in [0.2, 0.25) is 15.1 Å². The monoisotopic (exact) mass is 383 g/mol. The molecule has 2 aromatic carbocycles. The van der Waals surface area contributed by atoms with E-state index in [1.54, 1.807) is 0 Å². The van der Waals surface area contributed by atoms with Gasteiger partial charge in [0.1, 0.15) is 11.6 Å². The van der Waals surface area contributed by atoms with E-state index in [4.69, 9.17) is 45.3 Å². The van der Waals surface area contributed by atoms with Crippen molar-refractivity contribution in [1.82, 2.24) is 0 Å². The molecule has 0 fully saturated rings. The van der Waals surface area contributed by atoms with Gasteiger partial charge >= 0.3 is 0 Å². The lowest BCUT2D eigenvalue weighted by molar-refractivity contribution is 0.479. The smallest absolute Gasteiger partial charge is 0.153 e. The Balaban J connectivity index is 2.42. The van der Waals surface area contributed by atoms with Crippen LogP contribution in [0.4, 0.5) is 10.1 Å². The number of nitrogens with two attached hydrogens (primary N) is 1. The van der Waals surface area contributed by atoms with Crippen molar-refractivity contribution in [3.63, 3.8) is 0 Å². The third-order valence-corrected chi connectivity index (χ3v) is 3.87. The van der Waals surface area contributed by atoms with Crippen molar-refractivity contribution in [3.8, 4) is 11.5 Å². The summed E-state index contributed by atoms with van der Waals surface area (Å²) in [4.78, 5) is 0. The van der Waals surface area contributed by atoms with Crippen molar-refractivity contribution >= 4 is 56.4 Å². The van der Waals surface area contributed by atoms with Crippen LogP contribution >= 0.6 is 50.7 Å². The molecule has 0 aromatic heterocycles. The van der Waals surface area contributed by atoms with Crippen molar-refractivity contribution in [3.05, 3.63) is 49.6 Å². The minimum Gasteiger partial charge on any atom is -0.453 e. The molecule has 0 heterocycles. The number of halogens is 5. The second kappa shape index (κ2) is 5.75. The highest BCUT2D eigenvalue weighted by molar-refractivity contribution is 9.10. The van der Waals surface area contributed by atoms with Gasteiger partial charge in [0.05, 0.1) is 25.2 Å².